The number of halogens is 1. The Balaban J connectivity index is 1.35. The molecule has 0 spiro atoms. The summed E-state index contributed by atoms with van der Waals surface area (Å²) in [6.45, 7) is 0.314. The third-order valence-electron chi connectivity index (χ3n) is 4.41. The van der Waals surface area contributed by atoms with Crippen LogP contribution in [-0.2, 0) is 9.59 Å². The molecule has 8 heteroatoms. The molecule has 27 heavy (non-hydrogen) atoms. The molecule has 6 nitrogen and oxygen atoms in total. The molecule has 3 aromatic rings. The maximum absolute atomic E-state index is 12.4. The van der Waals surface area contributed by atoms with Crippen molar-refractivity contribution in [3.05, 3.63) is 59.1 Å². The van der Waals surface area contributed by atoms with Gasteiger partial charge in [0.1, 0.15) is 6.54 Å². The molecule has 4 rings (SSSR count). The standard InChI is InChI=1S/C19H17ClN4O2S/c20-13-7-5-12(6-8-13)15-9-18(26)24(11-21-15)10-17(25)23-19-22-14-3-1-2-4-16(14)27-19/h1-8,15,21H,9-11H2,(H,22,23,25). The first-order valence-electron chi connectivity index (χ1n) is 8.50. The number of anilines is 1. The average molecular weight is 401 g/mol. The summed E-state index contributed by atoms with van der Waals surface area (Å²) >= 11 is 7.32. The summed E-state index contributed by atoms with van der Waals surface area (Å²) < 4.78 is 1.01. The van der Waals surface area contributed by atoms with Crippen LogP contribution >= 0.6 is 22.9 Å². The molecule has 0 aliphatic carbocycles. The Labute approximate surface area is 165 Å². The molecule has 138 valence electrons. The molecule has 2 aromatic carbocycles. The zero-order valence-corrected chi connectivity index (χ0v) is 15.9. The first-order chi connectivity index (χ1) is 13.1. The van der Waals surface area contributed by atoms with Gasteiger partial charge >= 0.3 is 0 Å². The predicted octanol–water partition coefficient (Wildman–Crippen LogP) is 3.41. The fraction of sp³-hybridized carbons (Fsp3) is 0.211. The highest BCUT2D eigenvalue weighted by atomic mass is 35.5. The van der Waals surface area contributed by atoms with E-state index in [0.717, 1.165) is 15.8 Å². The van der Waals surface area contributed by atoms with E-state index in [-0.39, 0.29) is 24.4 Å². The second-order valence-electron chi connectivity index (χ2n) is 6.30. The Morgan fingerprint density at radius 2 is 2.04 bits per heavy atom. The first kappa shape index (κ1) is 17.9. The molecule has 0 saturated carbocycles. The highest BCUT2D eigenvalue weighted by Crippen LogP contribution is 2.26. The summed E-state index contributed by atoms with van der Waals surface area (Å²) in [5, 5.41) is 7.28. The number of fused-ring (bicyclic) bond motifs is 1. The number of nitrogens with one attached hydrogen (secondary N) is 2. The maximum Gasteiger partial charge on any atom is 0.245 e. The van der Waals surface area contributed by atoms with Crippen LogP contribution in [0.25, 0.3) is 10.2 Å². The zero-order chi connectivity index (χ0) is 18.8. The van der Waals surface area contributed by atoms with Crippen molar-refractivity contribution in [1.82, 2.24) is 15.2 Å². The van der Waals surface area contributed by atoms with Crippen LogP contribution in [0.2, 0.25) is 5.02 Å². The van der Waals surface area contributed by atoms with Gasteiger partial charge in [0.2, 0.25) is 11.8 Å². The Morgan fingerprint density at radius 3 is 2.78 bits per heavy atom. The largest absolute Gasteiger partial charge is 0.321 e. The van der Waals surface area contributed by atoms with Crippen molar-refractivity contribution in [1.29, 1.82) is 0 Å². The molecule has 2 amide bonds. The van der Waals surface area contributed by atoms with E-state index in [2.05, 4.69) is 15.6 Å². The minimum atomic E-state index is -0.255. The predicted molar refractivity (Wildman–Crippen MR) is 107 cm³/mol. The van der Waals surface area contributed by atoms with E-state index in [1.165, 1.54) is 16.2 Å². The van der Waals surface area contributed by atoms with E-state index in [1.807, 2.05) is 36.4 Å². The van der Waals surface area contributed by atoms with Crippen LogP contribution in [0.1, 0.15) is 18.0 Å². The SMILES string of the molecule is O=C(CN1CNC(c2ccc(Cl)cc2)CC1=O)Nc1nc2ccccc2s1. The summed E-state index contributed by atoms with van der Waals surface area (Å²) in [5.74, 6) is -0.317. The molecule has 0 radical (unpaired) electrons. The van der Waals surface area contributed by atoms with Gasteiger partial charge in [0.05, 0.1) is 16.9 Å². The normalized spacial score (nSPS) is 17.3. The van der Waals surface area contributed by atoms with Gasteiger partial charge < -0.3 is 10.2 Å². The minimum absolute atomic E-state index is 0.00486. The van der Waals surface area contributed by atoms with Crippen LogP contribution < -0.4 is 10.6 Å². The van der Waals surface area contributed by atoms with Gasteiger partial charge in [0, 0.05) is 17.5 Å². The number of carbonyl (C=O) groups excluding carboxylic acids is 2. The smallest absolute Gasteiger partial charge is 0.245 e. The molecule has 1 unspecified atom stereocenters. The minimum Gasteiger partial charge on any atom is -0.321 e. The quantitative estimate of drug-likeness (QED) is 0.703. The lowest BCUT2D eigenvalue weighted by molar-refractivity contribution is -0.138. The maximum atomic E-state index is 12.4. The van der Waals surface area contributed by atoms with Gasteiger partial charge in [0.25, 0.3) is 0 Å². The number of hydrogen-bond donors (Lipinski definition) is 2. The van der Waals surface area contributed by atoms with Gasteiger partial charge in [-0.2, -0.15) is 0 Å². The molecular weight excluding hydrogens is 384 g/mol. The van der Waals surface area contributed by atoms with E-state index < -0.39 is 0 Å². The second kappa shape index (κ2) is 7.64. The van der Waals surface area contributed by atoms with E-state index in [0.29, 0.717) is 23.2 Å². The van der Waals surface area contributed by atoms with E-state index in [4.69, 9.17) is 11.6 Å². The summed E-state index contributed by atoms with van der Waals surface area (Å²) in [4.78, 5) is 30.6. The molecule has 1 aliphatic heterocycles. The number of thiazole rings is 1. The molecule has 2 heterocycles. The number of amides is 2. The molecule has 1 saturated heterocycles. The molecule has 2 N–H and O–H groups in total. The zero-order valence-electron chi connectivity index (χ0n) is 14.3. The summed E-state index contributed by atoms with van der Waals surface area (Å²) in [7, 11) is 0. The Bertz CT molecular complexity index is 956. The van der Waals surface area contributed by atoms with Gasteiger partial charge in [-0.25, -0.2) is 4.98 Å². The lowest BCUT2D eigenvalue weighted by Gasteiger charge is -2.32. The monoisotopic (exact) mass is 400 g/mol. The van der Waals surface area contributed by atoms with Crippen LogP contribution in [0, 0.1) is 0 Å². The number of aromatic nitrogens is 1. The van der Waals surface area contributed by atoms with Crippen molar-refractivity contribution in [2.24, 2.45) is 0 Å². The van der Waals surface area contributed by atoms with Crippen LogP contribution in [0.15, 0.2) is 48.5 Å². The lowest BCUT2D eigenvalue weighted by Crippen LogP contribution is -2.49. The Hall–Kier alpha value is -2.48. The summed E-state index contributed by atoms with van der Waals surface area (Å²) in [5.41, 5.74) is 1.85. The van der Waals surface area contributed by atoms with Crippen molar-refractivity contribution in [2.75, 3.05) is 18.5 Å². The van der Waals surface area contributed by atoms with E-state index in [1.54, 1.807) is 12.1 Å². The fourth-order valence-electron chi connectivity index (χ4n) is 3.02. The van der Waals surface area contributed by atoms with Crippen LogP contribution in [0.5, 0.6) is 0 Å². The first-order valence-corrected chi connectivity index (χ1v) is 9.70. The Morgan fingerprint density at radius 1 is 1.26 bits per heavy atom. The van der Waals surface area contributed by atoms with Gasteiger partial charge in [-0.15, -0.1) is 0 Å². The van der Waals surface area contributed by atoms with Gasteiger partial charge in [0.15, 0.2) is 5.13 Å². The molecule has 0 bridgehead atoms. The van der Waals surface area contributed by atoms with Gasteiger partial charge in [-0.05, 0) is 29.8 Å². The number of rotatable bonds is 4. The highest BCUT2D eigenvalue weighted by molar-refractivity contribution is 7.22. The van der Waals surface area contributed by atoms with E-state index >= 15 is 0 Å². The van der Waals surface area contributed by atoms with Gasteiger partial charge in [-0.3, -0.25) is 14.9 Å². The number of para-hydroxylation sites is 1. The molecule has 1 aliphatic rings. The van der Waals surface area contributed by atoms with Crippen molar-refractivity contribution >= 4 is 50.1 Å². The molecule has 1 fully saturated rings. The van der Waals surface area contributed by atoms with Crippen molar-refractivity contribution in [2.45, 2.75) is 12.5 Å². The number of nitrogens with zero attached hydrogens (tertiary/aromatic N) is 2. The number of benzene rings is 2. The number of carbonyl (C=O) groups is 2. The number of hydrogen-bond acceptors (Lipinski definition) is 5. The third kappa shape index (κ3) is 4.10. The van der Waals surface area contributed by atoms with Gasteiger partial charge in [-0.1, -0.05) is 47.2 Å². The average Bonchev–Trinajstić information content (AvgIpc) is 3.06. The Kier molecular flexibility index (Phi) is 5.07. The van der Waals surface area contributed by atoms with Crippen LogP contribution in [-0.4, -0.2) is 34.9 Å². The summed E-state index contributed by atoms with van der Waals surface area (Å²) in [6.07, 6.45) is 0.302. The topological polar surface area (TPSA) is 74.3 Å². The highest BCUT2D eigenvalue weighted by Gasteiger charge is 2.27. The molecule has 1 atom stereocenters. The second-order valence-corrected chi connectivity index (χ2v) is 7.76. The van der Waals surface area contributed by atoms with Crippen molar-refractivity contribution in [3.63, 3.8) is 0 Å². The van der Waals surface area contributed by atoms with Crippen molar-refractivity contribution < 1.29 is 9.59 Å². The van der Waals surface area contributed by atoms with Crippen LogP contribution in [0.4, 0.5) is 5.13 Å². The van der Waals surface area contributed by atoms with E-state index in [9.17, 15) is 9.59 Å². The third-order valence-corrected chi connectivity index (χ3v) is 5.61. The van der Waals surface area contributed by atoms with Crippen molar-refractivity contribution in [3.8, 4) is 0 Å². The fourth-order valence-corrected chi connectivity index (χ4v) is 4.03. The molecular formula is C19H17ClN4O2S. The molecule has 1 aromatic heterocycles. The summed E-state index contributed by atoms with van der Waals surface area (Å²) in [6, 6.07) is 15.0. The van der Waals surface area contributed by atoms with Crippen LogP contribution in [0.3, 0.4) is 0 Å². The lowest BCUT2D eigenvalue weighted by atomic mass is 10.0.